The minimum absolute atomic E-state index is 0.110. The molecule has 3 aromatic rings. The van der Waals surface area contributed by atoms with Crippen LogP contribution in [0.15, 0.2) is 47.3 Å². The molecule has 1 atom stereocenters. The fourth-order valence-electron chi connectivity index (χ4n) is 7.13. The van der Waals surface area contributed by atoms with Crippen LogP contribution in [0.5, 0.6) is 0 Å². The van der Waals surface area contributed by atoms with Crippen LogP contribution >= 0.6 is 0 Å². The number of sulfonamides is 1. The summed E-state index contributed by atoms with van der Waals surface area (Å²) < 4.78 is 31.2. The molecule has 0 spiro atoms. The number of nitrogens with zero attached hydrogens (tertiary/aromatic N) is 4. The Kier molecular flexibility index (Phi) is 8.92. The number of urea groups is 1. The van der Waals surface area contributed by atoms with E-state index in [1.165, 1.54) is 9.13 Å². The average molecular weight is 666 g/mol. The fraction of sp³-hybridized carbons (Fsp3) is 0.515. The van der Waals surface area contributed by atoms with Crippen molar-refractivity contribution in [2.45, 2.75) is 82.2 Å². The number of aryl methyl sites for hydroxylation is 1. The van der Waals surface area contributed by atoms with Gasteiger partial charge in [0.1, 0.15) is 6.04 Å². The van der Waals surface area contributed by atoms with E-state index in [0.29, 0.717) is 54.8 Å². The molecule has 4 heterocycles. The molecular formula is C33H43N7O6S. The molecule has 3 aliphatic heterocycles. The number of piperidine rings is 3. The standard InChI is InChI=1S/C33H43N7O6S/c1-33(2)15-4-5-16-39(33)47(45,46)21-22-7-6-8-24(19-22)35-31(43)38-17-13-23(14-18-38)34-25-9-10-26-28(20-25)37(3)32(44)40(26)27-11-12-29(41)36-30(27)42/h6-10,19-20,23,27,34H,4-5,11-18,21H2,1-3H3,(H,35,43)(H,36,41,42). The predicted molar refractivity (Wildman–Crippen MR) is 180 cm³/mol. The number of imidazole rings is 1. The number of imide groups is 1. The van der Waals surface area contributed by atoms with Crippen LogP contribution in [0.2, 0.25) is 0 Å². The van der Waals surface area contributed by atoms with Crippen LogP contribution < -0.4 is 21.6 Å². The molecule has 4 amide bonds. The number of carbonyl (C=O) groups is 3. The predicted octanol–water partition coefficient (Wildman–Crippen LogP) is 3.52. The SMILES string of the molecule is Cn1c(=O)n(C2CCC(=O)NC2=O)c2ccc(NC3CCN(C(=O)Nc4cccc(CS(=O)(=O)N5CCCCC5(C)C)c4)CC3)cc21. The Balaban J connectivity index is 1.05. The van der Waals surface area contributed by atoms with Gasteiger partial charge in [-0.2, -0.15) is 4.31 Å². The maximum absolute atomic E-state index is 13.3. The molecule has 1 aromatic heterocycles. The van der Waals surface area contributed by atoms with E-state index in [2.05, 4.69) is 16.0 Å². The van der Waals surface area contributed by atoms with Gasteiger partial charge in [0.05, 0.1) is 16.8 Å². The van der Waals surface area contributed by atoms with E-state index < -0.39 is 27.5 Å². The highest BCUT2D eigenvalue weighted by atomic mass is 32.2. The molecule has 47 heavy (non-hydrogen) atoms. The zero-order chi connectivity index (χ0) is 33.5. The van der Waals surface area contributed by atoms with Gasteiger partial charge >= 0.3 is 11.7 Å². The second-order valence-corrected chi connectivity index (χ2v) is 15.4. The Labute approximate surface area is 274 Å². The number of anilines is 2. The van der Waals surface area contributed by atoms with Crippen LogP contribution in [0.1, 0.15) is 70.4 Å². The van der Waals surface area contributed by atoms with Crippen LogP contribution in [0.4, 0.5) is 16.2 Å². The van der Waals surface area contributed by atoms with E-state index in [4.69, 9.17) is 0 Å². The highest BCUT2D eigenvalue weighted by Gasteiger charge is 2.38. The number of aromatic nitrogens is 2. The molecule has 0 radical (unpaired) electrons. The van der Waals surface area contributed by atoms with Crippen LogP contribution in [-0.4, -0.2) is 75.8 Å². The zero-order valence-electron chi connectivity index (χ0n) is 27.1. The summed E-state index contributed by atoms with van der Waals surface area (Å²) in [5.74, 6) is -0.908. The molecule has 3 aliphatic rings. The first kappa shape index (κ1) is 32.8. The van der Waals surface area contributed by atoms with Gasteiger partial charge in [0.25, 0.3) is 0 Å². The third-order valence-electron chi connectivity index (χ3n) is 9.70. The maximum Gasteiger partial charge on any atom is 0.329 e. The molecule has 3 saturated heterocycles. The Bertz CT molecular complexity index is 1870. The first-order valence-corrected chi connectivity index (χ1v) is 17.9. The van der Waals surface area contributed by atoms with Crippen molar-refractivity contribution in [1.82, 2.24) is 23.7 Å². The van der Waals surface area contributed by atoms with Gasteiger partial charge in [-0.1, -0.05) is 18.6 Å². The van der Waals surface area contributed by atoms with Gasteiger partial charge in [-0.05, 0) is 81.8 Å². The van der Waals surface area contributed by atoms with Crippen LogP contribution in [0.3, 0.4) is 0 Å². The fourth-order valence-corrected chi connectivity index (χ4v) is 9.14. The van der Waals surface area contributed by atoms with Crippen molar-refractivity contribution in [2.24, 2.45) is 7.05 Å². The molecule has 2 aromatic carbocycles. The minimum atomic E-state index is -3.51. The van der Waals surface area contributed by atoms with Crippen molar-refractivity contribution in [3.8, 4) is 0 Å². The van der Waals surface area contributed by atoms with Crippen molar-refractivity contribution >= 4 is 50.3 Å². The van der Waals surface area contributed by atoms with E-state index >= 15 is 0 Å². The molecule has 0 bridgehead atoms. The van der Waals surface area contributed by atoms with Gasteiger partial charge in [-0.3, -0.25) is 24.0 Å². The molecule has 0 saturated carbocycles. The van der Waals surface area contributed by atoms with E-state index in [-0.39, 0.29) is 42.3 Å². The number of hydrogen-bond donors (Lipinski definition) is 3. The molecule has 1 unspecified atom stereocenters. The monoisotopic (exact) mass is 665 g/mol. The number of likely N-dealkylation sites (tertiary alicyclic amines) is 1. The smallest absolute Gasteiger partial charge is 0.329 e. The van der Waals surface area contributed by atoms with Crippen molar-refractivity contribution in [1.29, 1.82) is 0 Å². The Morgan fingerprint density at radius 2 is 1.72 bits per heavy atom. The normalized spacial score (nSPS) is 21.1. The van der Waals surface area contributed by atoms with Crippen molar-refractivity contribution in [3.05, 3.63) is 58.5 Å². The summed E-state index contributed by atoms with van der Waals surface area (Å²) in [5, 5.41) is 8.80. The van der Waals surface area contributed by atoms with E-state index in [1.54, 1.807) is 40.5 Å². The summed E-state index contributed by atoms with van der Waals surface area (Å²) in [4.78, 5) is 52.1. The van der Waals surface area contributed by atoms with Crippen LogP contribution in [-0.2, 0) is 32.4 Å². The third-order valence-corrected chi connectivity index (χ3v) is 11.7. The van der Waals surface area contributed by atoms with E-state index in [1.807, 2.05) is 32.0 Å². The molecule has 6 rings (SSSR count). The lowest BCUT2D eigenvalue weighted by Gasteiger charge is -2.41. The second kappa shape index (κ2) is 12.8. The van der Waals surface area contributed by atoms with Crippen molar-refractivity contribution in [3.63, 3.8) is 0 Å². The summed E-state index contributed by atoms with van der Waals surface area (Å²) in [6.45, 7) is 5.56. The minimum Gasteiger partial charge on any atom is -0.382 e. The summed E-state index contributed by atoms with van der Waals surface area (Å²) in [6, 6.07) is 11.8. The average Bonchev–Trinajstić information content (AvgIpc) is 3.26. The van der Waals surface area contributed by atoms with Gasteiger partial charge in [-0.15, -0.1) is 0 Å². The number of hydrogen-bond acceptors (Lipinski definition) is 7. The number of carbonyl (C=O) groups excluding carboxylic acids is 3. The molecule has 0 aliphatic carbocycles. The number of amides is 4. The Morgan fingerprint density at radius 1 is 0.957 bits per heavy atom. The lowest BCUT2D eigenvalue weighted by molar-refractivity contribution is -0.135. The first-order valence-electron chi connectivity index (χ1n) is 16.3. The number of nitrogens with one attached hydrogen (secondary N) is 3. The van der Waals surface area contributed by atoms with E-state index in [9.17, 15) is 27.6 Å². The molecule has 14 heteroatoms. The zero-order valence-corrected chi connectivity index (χ0v) is 27.9. The third kappa shape index (κ3) is 6.79. The molecule has 13 nitrogen and oxygen atoms in total. The van der Waals surface area contributed by atoms with Gasteiger partial charge in [0.15, 0.2) is 0 Å². The topological polar surface area (TPSA) is 155 Å². The van der Waals surface area contributed by atoms with Gasteiger partial charge in [-0.25, -0.2) is 18.0 Å². The van der Waals surface area contributed by atoms with Gasteiger partial charge in [0.2, 0.25) is 21.8 Å². The highest BCUT2D eigenvalue weighted by molar-refractivity contribution is 7.88. The number of rotatable bonds is 7. The van der Waals surface area contributed by atoms with Gasteiger partial charge in [0, 0.05) is 56.1 Å². The van der Waals surface area contributed by atoms with Crippen molar-refractivity contribution < 1.29 is 22.8 Å². The summed E-state index contributed by atoms with van der Waals surface area (Å²) in [7, 11) is -1.84. The number of fused-ring (bicyclic) bond motifs is 1. The summed E-state index contributed by atoms with van der Waals surface area (Å²) in [5.41, 5.74) is 2.61. The lowest BCUT2D eigenvalue weighted by Crippen LogP contribution is -2.50. The second-order valence-electron chi connectivity index (χ2n) is 13.5. The lowest BCUT2D eigenvalue weighted by atomic mass is 9.93. The van der Waals surface area contributed by atoms with Crippen LogP contribution in [0, 0.1) is 0 Å². The number of benzene rings is 2. The van der Waals surface area contributed by atoms with Gasteiger partial charge < -0.3 is 15.5 Å². The first-order chi connectivity index (χ1) is 22.3. The Hall–Kier alpha value is -4.17. The highest BCUT2D eigenvalue weighted by Crippen LogP contribution is 2.32. The largest absolute Gasteiger partial charge is 0.382 e. The summed E-state index contributed by atoms with van der Waals surface area (Å²) >= 11 is 0. The molecule has 252 valence electrons. The van der Waals surface area contributed by atoms with Crippen LogP contribution in [0.25, 0.3) is 11.0 Å². The molecule has 3 fully saturated rings. The van der Waals surface area contributed by atoms with Crippen molar-refractivity contribution in [2.75, 3.05) is 30.3 Å². The maximum atomic E-state index is 13.3. The Morgan fingerprint density at radius 3 is 2.45 bits per heavy atom. The molecule has 3 N–H and O–H groups in total. The molecular weight excluding hydrogens is 622 g/mol. The summed E-state index contributed by atoms with van der Waals surface area (Å²) in [6.07, 6.45) is 4.61. The quantitative estimate of drug-likeness (QED) is 0.326. The van der Waals surface area contributed by atoms with E-state index in [0.717, 1.165) is 24.9 Å².